The van der Waals surface area contributed by atoms with Crippen molar-refractivity contribution in [1.29, 1.82) is 0 Å². The second kappa shape index (κ2) is 6.37. The Hall–Kier alpha value is -1.40. The van der Waals surface area contributed by atoms with Gasteiger partial charge < -0.3 is 9.84 Å². The Kier molecular flexibility index (Phi) is 4.77. The van der Waals surface area contributed by atoms with Crippen LogP contribution in [0, 0.1) is 5.41 Å². The summed E-state index contributed by atoms with van der Waals surface area (Å²) in [6, 6.07) is 9.37. The number of halogens is 1. The van der Waals surface area contributed by atoms with Crippen molar-refractivity contribution in [3.63, 3.8) is 0 Å². The van der Waals surface area contributed by atoms with Crippen LogP contribution in [-0.2, 0) is 0 Å². The molecule has 6 heteroatoms. The Balaban J connectivity index is 2.26. The van der Waals surface area contributed by atoms with Crippen molar-refractivity contribution in [2.75, 3.05) is 5.33 Å². The number of ether oxygens (including phenoxy) is 1. The number of rotatable bonds is 6. The van der Waals surface area contributed by atoms with Crippen LogP contribution in [0.3, 0.4) is 0 Å². The largest absolute Gasteiger partial charge is 0.466 e. The number of hydrogen-bond donors (Lipinski definition) is 1. The van der Waals surface area contributed by atoms with Gasteiger partial charge >= 0.3 is 0 Å². The van der Waals surface area contributed by atoms with Crippen LogP contribution in [0.25, 0.3) is 0 Å². The predicted octanol–water partition coefficient (Wildman–Crippen LogP) is 2.64. The first-order valence-corrected chi connectivity index (χ1v) is 7.46. The van der Waals surface area contributed by atoms with Gasteiger partial charge in [-0.15, -0.1) is 0 Å². The average Bonchev–Trinajstić information content (AvgIpc) is 2.99. The average molecular weight is 340 g/mol. The fourth-order valence-corrected chi connectivity index (χ4v) is 2.05. The zero-order valence-electron chi connectivity index (χ0n) is 11.5. The second-order valence-electron chi connectivity index (χ2n) is 5.26. The van der Waals surface area contributed by atoms with Crippen LogP contribution in [0.1, 0.15) is 20.1 Å². The van der Waals surface area contributed by atoms with E-state index in [-0.39, 0.29) is 5.41 Å². The van der Waals surface area contributed by atoms with Crippen molar-refractivity contribution >= 4 is 15.9 Å². The molecule has 1 aromatic carbocycles. The van der Waals surface area contributed by atoms with Gasteiger partial charge in [0, 0.05) is 10.7 Å². The van der Waals surface area contributed by atoms with Crippen LogP contribution in [-0.4, -0.2) is 31.3 Å². The SMILES string of the molecule is CC(C)(CBr)C(O)C(Oc1ccccc1)n1cncn1. The molecule has 2 unspecified atom stereocenters. The van der Waals surface area contributed by atoms with E-state index in [1.807, 2.05) is 44.2 Å². The highest BCUT2D eigenvalue weighted by Gasteiger charge is 2.36. The molecule has 0 aliphatic heterocycles. The van der Waals surface area contributed by atoms with Crippen molar-refractivity contribution < 1.29 is 9.84 Å². The summed E-state index contributed by atoms with van der Waals surface area (Å²) in [5, 5.41) is 15.4. The topological polar surface area (TPSA) is 60.2 Å². The highest BCUT2D eigenvalue weighted by Crippen LogP contribution is 2.32. The molecule has 0 fully saturated rings. The lowest BCUT2D eigenvalue weighted by Gasteiger charge is -2.34. The van der Waals surface area contributed by atoms with Crippen LogP contribution >= 0.6 is 15.9 Å². The molecular formula is C14H18BrN3O2. The number of aliphatic hydroxyl groups excluding tert-OH is 1. The Bertz CT molecular complexity index is 516. The van der Waals surface area contributed by atoms with Crippen molar-refractivity contribution in [3.05, 3.63) is 43.0 Å². The third kappa shape index (κ3) is 3.37. The standard InChI is InChI=1S/C14H18BrN3O2/c1-14(2,8-15)12(19)13(18-10-16-9-17-18)20-11-6-4-3-5-7-11/h3-7,9-10,12-13,19H,8H2,1-2H3. The monoisotopic (exact) mass is 339 g/mol. The third-order valence-corrected chi connectivity index (χ3v) is 4.56. The van der Waals surface area contributed by atoms with E-state index in [0.29, 0.717) is 11.1 Å². The summed E-state index contributed by atoms with van der Waals surface area (Å²) in [7, 11) is 0. The van der Waals surface area contributed by atoms with Gasteiger partial charge in [-0.2, -0.15) is 5.10 Å². The van der Waals surface area contributed by atoms with Gasteiger partial charge in [0.05, 0.1) is 0 Å². The molecule has 1 N–H and O–H groups in total. The fourth-order valence-electron chi connectivity index (χ4n) is 1.72. The van der Waals surface area contributed by atoms with Crippen LogP contribution in [0.2, 0.25) is 0 Å². The first-order valence-electron chi connectivity index (χ1n) is 6.34. The van der Waals surface area contributed by atoms with E-state index in [4.69, 9.17) is 4.74 Å². The minimum atomic E-state index is -0.746. The lowest BCUT2D eigenvalue weighted by Crippen LogP contribution is -2.41. The van der Waals surface area contributed by atoms with Gasteiger partial charge in [0.15, 0.2) is 0 Å². The summed E-state index contributed by atoms with van der Waals surface area (Å²) in [4.78, 5) is 3.92. The molecule has 5 nitrogen and oxygen atoms in total. The molecule has 2 atom stereocenters. The van der Waals surface area contributed by atoms with E-state index in [0.717, 1.165) is 0 Å². The number of aliphatic hydroxyl groups is 1. The summed E-state index contributed by atoms with van der Waals surface area (Å²) in [5.41, 5.74) is -0.370. The minimum absolute atomic E-state index is 0.370. The molecular weight excluding hydrogens is 322 g/mol. The van der Waals surface area contributed by atoms with Gasteiger partial charge in [-0.1, -0.05) is 48.0 Å². The van der Waals surface area contributed by atoms with Crippen molar-refractivity contribution in [2.45, 2.75) is 26.2 Å². The van der Waals surface area contributed by atoms with E-state index < -0.39 is 12.3 Å². The van der Waals surface area contributed by atoms with Crippen LogP contribution in [0.15, 0.2) is 43.0 Å². The van der Waals surface area contributed by atoms with Crippen LogP contribution in [0.5, 0.6) is 5.75 Å². The number of benzene rings is 1. The molecule has 1 heterocycles. The number of aromatic nitrogens is 3. The molecule has 0 bridgehead atoms. The number of nitrogens with zero attached hydrogens (tertiary/aromatic N) is 3. The molecule has 0 spiro atoms. The summed E-state index contributed by atoms with van der Waals surface area (Å²) < 4.78 is 7.43. The Morgan fingerprint density at radius 3 is 2.60 bits per heavy atom. The maximum absolute atomic E-state index is 10.6. The molecule has 0 radical (unpaired) electrons. The minimum Gasteiger partial charge on any atom is -0.466 e. The Labute approximate surface area is 126 Å². The van der Waals surface area contributed by atoms with E-state index in [2.05, 4.69) is 26.0 Å². The normalized spacial score (nSPS) is 14.8. The first kappa shape index (κ1) is 15.0. The van der Waals surface area contributed by atoms with Gasteiger partial charge in [-0.05, 0) is 12.1 Å². The molecule has 0 amide bonds. The second-order valence-corrected chi connectivity index (χ2v) is 5.82. The predicted molar refractivity (Wildman–Crippen MR) is 79.7 cm³/mol. The first-order chi connectivity index (χ1) is 9.54. The number of para-hydroxylation sites is 1. The third-order valence-electron chi connectivity index (χ3n) is 3.11. The van der Waals surface area contributed by atoms with E-state index in [1.54, 1.807) is 6.33 Å². The van der Waals surface area contributed by atoms with Crippen molar-refractivity contribution in [2.24, 2.45) is 5.41 Å². The summed E-state index contributed by atoms with van der Waals surface area (Å²) in [6.07, 6.45) is 1.59. The molecule has 0 saturated heterocycles. The van der Waals surface area contributed by atoms with Crippen LogP contribution in [0.4, 0.5) is 0 Å². The lowest BCUT2D eigenvalue weighted by molar-refractivity contribution is -0.0710. The van der Waals surface area contributed by atoms with E-state index >= 15 is 0 Å². The van der Waals surface area contributed by atoms with Crippen LogP contribution < -0.4 is 4.74 Å². The summed E-state index contributed by atoms with van der Waals surface area (Å²) in [6.45, 7) is 3.93. The van der Waals surface area contributed by atoms with Gasteiger partial charge in [-0.3, -0.25) is 0 Å². The zero-order valence-corrected chi connectivity index (χ0v) is 13.1. The molecule has 1 aromatic heterocycles. The molecule has 2 aromatic rings. The van der Waals surface area contributed by atoms with Crippen molar-refractivity contribution in [3.8, 4) is 5.75 Å². The molecule has 0 aliphatic carbocycles. The maximum Gasteiger partial charge on any atom is 0.219 e. The van der Waals surface area contributed by atoms with Gasteiger partial charge in [0.25, 0.3) is 0 Å². The Morgan fingerprint density at radius 1 is 1.35 bits per heavy atom. The zero-order chi connectivity index (χ0) is 14.6. The molecule has 108 valence electrons. The summed E-state index contributed by atoms with van der Waals surface area (Å²) in [5.74, 6) is 0.678. The number of hydrogen-bond acceptors (Lipinski definition) is 4. The lowest BCUT2D eigenvalue weighted by atomic mass is 9.88. The Morgan fingerprint density at radius 2 is 2.05 bits per heavy atom. The quantitative estimate of drug-likeness (QED) is 0.822. The molecule has 2 rings (SSSR count). The maximum atomic E-state index is 10.6. The molecule has 0 aliphatic rings. The summed E-state index contributed by atoms with van der Waals surface area (Å²) >= 11 is 3.43. The van der Waals surface area contributed by atoms with Gasteiger partial charge in [0.2, 0.25) is 6.23 Å². The fraction of sp³-hybridized carbons (Fsp3) is 0.429. The van der Waals surface area contributed by atoms with Gasteiger partial charge in [0.1, 0.15) is 24.5 Å². The van der Waals surface area contributed by atoms with Gasteiger partial charge in [-0.25, -0.2) is 9.67 Å². The van der Waals surface area contributed by atoms with Crippen molar-refractivity contribution in [1.82, 2.24) is 14.8 Å². The van der Waals surface area contributed by atoms with E-state index in [9.17, 15) is 5.11 Å². The molecule has 0 saturated carbocycles. The van der Waals surface area contributed by atoms with E-state index in [1.165, 1.54) is 11.0 Å². The number of alkyl halides is 1. The highest BCUT2D eigenvalue weighted by molar-refractivity contribution is 9.09. The smallest absolute Gasteiger partial charge is 0.219 e. The molecule has 20 heavy (non-hydrogen) atoms. The highest BCUT2D eigenvalue weighted by atomic mass is 79.9.